The number of nitrogens with zero attached hydrogens (tertiary/aromatic N) is 2. The van der Waals surface area contributed by atoms with Crippen molar-refractivity contribution in [2.24, 2.45) is 5.73 Å². The van der Waals surface area contributed by atoms with E-state index in [9.17, 15) is 4.79 Å². The van der Waals surface area contributed by atoms with Crippen LogP contribution < -0.4 is 15.8 Å². The van der Waals surface area contributed by atoms with Crippen LogP contribution in [0, 0.1) is 0 Å². The molecular weight excluding hydrogens is 304 g/mol. The maximum absolute atomic E-state index is 12.1. The van der Waals surface area contributed by atoms with Gasteiger partial charge in [-0.15, -0.1) is 0 Å². The Bertz CT molecular complexity index is 695. The maximum Gasteiger partial charge on any atom is 0.237 e. The highest BCUT2D eigenvalue weighted by Crippen LogP contribution is 2.22. The molecule has 1 fully saturated rings. The molecule has 0 saturated carbocycles. The third kappa shape index (κ3) is 3.29. The predicted octanol–water partition coefficient (Wildman–Crippen LogP) is 1.13. The summed E-state index contributed by atoms with van der Waals surface area (Å²) in [4.78, 5) is 14.2. The van der Waals surface area contributed by atoms with Crippen LogP contribution in [-0.2, 0) is 11.3 Å². The largest absolute Gasteiger partial charge is 0.497 e. The number of carbonyl (C=O) groups excluding carboxylic acids is 1. The number of carbonyl (C=O) groups is 1. The summed E-state index contributed by atoms with van der Waals surface area (Å²) in [5.74, 6) is 0.864. The SMILES string of the molecule is CNC(=O)[C@@H]1C[C@H](N)CN1Cc1cccn1-c1ccc(OC)cc1. The number of nitrogens with one attached hydrogen (secondary N) is 1. The Kier molecular flexibility index (Phi) is 4.87. The first-order chi connectivity index (χ1) is 11.6. The zero-order chi connectivity index (χ0) is 17.1. The number of benzene rings is 1. The van der Waals surface area contributed by atoms with Crippen molar-refractivity contribution in [3.63, 3.8) is 0 Å². The Morgan fingerprint density at radius 2 is 2.08 bits per heavy atom. The average Bonchev–Trinajstić information content (AvgIpc) is 3.21. The first kappa shape index (κ1) is 16.5. The lowest BCUT2D eigenvalue weighted by Crippen LogP contribution is -2.41. The summed E-state index contributed by atoms with van der Waals surface area (Å²) in [5.41, 5.74) is 8.27. The van der Waals surface area contributed by atoms with E-state index in [1.807, 2.05) is 36.5 Å². The second-order valence-electron chi connectivity index (χ2n) is 6.12. The number of rotatable bonds is 5. The molecule has 0 bridgehead atoms. The third-order valence-corrected chi connectivity index (χ3v) is 4.53. The Balaban J connectivity index is 1.81. The normalized spacial score (nSPS) is 21.0. The fourth-order valence-corrected chi connectivity index (χ4v) is 3.30. The number of aromatic nitrogens is 1. The van der Waals surface area contributed by atoms with Gasteiger partial charge in [0, 0.05) is 43.8 Å². The van der Waals surface area contributed by atoms with Crippen LogP contribution in [0.15, 0.2) is 42.6 Å². The van der Waals surface area contributed by atoms with Crippen molar-refractivity contribution in [1.82, 2.24) is 14.8 Å². The molecule has 2 aromatic rings. The highest BCUT2D eigenvalue weighted by atomic mass is 16.5. The maximum atomic E-state index is 12.1. The molecule has 128 valence electrons. The van der Waals surface area contributed by atoms with E-state index in [2.05, 4.69) is 20.9 Å². The summed E-state index contributed by atoms with van der Waals surface area (Å²) in [6.45, 7) is 1.41. The molecule has 0 unspecified atom stereocenters. The fourth-order valence-electron chi connectivity index (χ4n) is 3.30. The molecule has 1 aliphatic heterocycles. The van der Waals surface area contributed by atoms with Crippen molar-refractivity contribution in [2.75, 3.05) is 20.7 Å². The fraction of sp³-hybridized carbons (Fsp3) is 0.389. The molecule has 6 heteroatoms. The van der Waals surface area contributed by atoms with Gasteiger partial charge in [-0.05, 0) is 42.8 Å². The molecule has 0 radical (unpaired) electrons. The van der Waals surface area contributed by atoms with Crippen LogP contribution in [0.2, 0.25) is 0 Å². The van der Waals surface area contributed by atoms with E-state index in [0.717, 1.165) is 23.7 Å². The summed E-state index contributed by atoms with van der Waals surface area (Å²) in [5, 5.41) is 2.74. The van der Waals surface area contributed by atoms with Crippen LogP contribution in [0.5, 0.6) is 5.75 Å². The van der Waals surface area contributed by atoms with Crippen molar-refractivity contribution in [1.29, 1.82) is 0 Å². The summed E-state index contributed by atoms with van der Waals surface area (Å²) in [6.07, 6.45) is 2.73. The number of nitrogens with two attached hydrogens (primary N) is 1. The molecule has 0 aliphatic carbocycles. The summed E-state index contributed by atoms with van der Waals surface area (Å²) in [6, 6.07) is 11.9. The minimum Gasteiger partial charge on any atom is -0.497 e. The molecule has 1 aromatic carbocycles. The Labute approximate surface area is 142 Å². The molecule has 2 heterocycles. The lowest BCUT2D eigenvalue weighted by Gasteiger charge is -2.23. The molecule has 6 nitrogen and oxygen atoms in total. The summed E-state index contributed by atoms with van der Waals surface area (Å²) in [7, 11) is 3.33. The molecule has 2 atom stereocenters. The predicted molar refractivity (Wildman–Crippen MR) is 93.2 cm³/mol. The molecule has 1 aliphatic rings. The van der Waals surface area contributed by atoms with Gasteiger partial charge in [-0.25, -0.2) is 0 Å². The lowest BCUT2D eigenvalue weighted by molar-refractivity contribution is -0.125. The smallest absolute Gasteiger partial charge is 0.237 e. The number of ether oxygens (including phenoxy) is 1. The van der Waals surface area contributed by atoms with Gasteiger partial charge in [-0.2, -0.15) is 0 Å². The third-order valence-electron chi connectivity index (χ3n) is 4.53. The standard InChI is InChI=1S/C18H24N4O2/c1-20-18(23)17-10-13(19)11-21(17)12-15-4-3-9-22(15)14-5-7-16(24-2)8-6-14/h3-9,13,17H,10-12,19H2,1-2H3,(H,20,23)/t13-,17-/m0/s1. The van der Waals surface area contributed by atoms with Crippen LogP contribution in [0.25, 0.3) is 5.69 Å². The van der Waals surface area contributed by atoms with Crippen LogP contribution in [0.4, 0.5) is 0 Å². The first-order valence-corrected chi connectivity index (χ1v) is 8.14. The Hall–Kier alpha value is -2.31. The number of hydrogen-bond acceptors (Lipinski definition) is 4. The molecular formula is C18H24N4O2. The zero-order valence-corrected chi connectivity index (χ0v) is 14.1. The molecule has 1 saturated heterocycles. The Morgan fingerprint density at radius 3 is 2.75 bits per heavy atom. The van der Waals surface area contributed by atoms with Crippen molar-refractivity contribution in [3.05, 3.63) is 48.3 Å². The molecule has 3 rings (SSSR count). The molecule has 1 amide bonds. The number of methoxy groups -OCH3 is 1. The Morgan fingerprint density at radius 1 is 1.33 bits per heavy atom. The van der Waals surface area contributed by atoms with Gasteiger partial charge in [-0.3, -0.25) is 9.69 Å². The van der Waals surface area contributed by atoms with Gasteiger partial charge in [0.25, 0.3) is 0 Å². The zero-order valence-electron chi connectivity index (χ0n) is 14.1. The van der Waals surface area contributed by atoms with E-state index >= 15 is 0 Å². The summed E-state index contributed by atoms with van der Waals surface area (Å²) < 4.78 is 7.34. The second kappa shape index (κ2) is 7.07. The molecule has 3 N–H and O–H groups in total. The number of amides is 1. The summed E-state index contributed by atoms with van der Waals surface area (Å²) >= 11 is 0. The van der Waals surface area contributed by atoms with Crippen molar-refractivity contribution < 1.29 is 9.53 Å². The van der Waals surface area contributed by atoms with E-state index in [1.54, 1.807) is 14.2 Å². The molecule has 24 heavy (non-hydrogen) atoms. The highest BCUT2D eigenvalue weighted by Gasteiger charge is 2.34. The minimum absolute atomic E-state index is 0.0329. The van der Waals surface area contributed by atoms with Gasteiger partial charge >= 0.3 is 0 Å². The van der Waals surface area contributed by atoms with Gasteiger partial charge < -0.3 is 20.4 Å². The van der Waals surface area contributed by atoms with Crippen LogP contribution in [0.1, 0.15) is 12.1 Å². The lowest BCUT2D eigenvalue weighted by atomic mass is 10.1. The van der Waals surface area contributed by atoms with Gasteiger partial charge in [0.05, 0.1) is 13.2 Å². The minimum atomic E-state index is -0.163. The topological polar surface area (TPSA) is 72.5 Å². The average molecular weight is 328 g/mol. The van der Waals surface area contributed by atoms with Crippen molar-refractivity contribution in [3.8, 4) is 11.4 Å². The molecule has 1 aromatic heterocycles. The quantitative estimate of drug-likeness (QED) is 0.863. The van der Waals surface area contributed by atoms with E-state index in [0.29, 0.717) is 13.0 Å². The van der Waals surface area contributed by atoms with Crippen LogP contribution >= 0.6 is 0 Å². The van der Waals surface area contributed by atoms with Crippen molar-refractivity contribution in [2.45, 2.75) is 25.0 Å². The number of hydrogen-bond donors (Lipinski definition) is 2. The van der Waals surface area contributed by atoms with E-state index < -0.39 is 0 Å². The number of likely N-dealkylation sites (N-methyl/N-ethyl adjacent to an activating group) is 1. The highest BCUT2D eigenvalue weighted by molar-refractivity contribution is 5.81. The van der Waals surface area contributed by atoms with Crippen LogP contribution in [-0.4, -0.2) is 48.2 Å². The first-order valence-electron chi connectivity index (χ1n) is 8.14. The van der Waals surface area contributed by atoms with E-state index in [1.165, 1.54) is 0 Å². The monoisotopic (exact) mass is 328 g/mol. The number of likely N-dealkylation sites (tertiary alicyclic amines) is 1. The van der Waals surface area contributed by atoms with E-state index in [-0.39, 0.29) is 18.0 Å². The van der Waals surface area contributed by atoms with Crippen molar-refractivity contribution >= 4 is 5.91 Å². The van der Waals surface area contributed by atoms with Gasteiger partial charge in [-0.1, -0.05) is 0 Å². The molecule has 0 spiro atoms. The van der Waals surface area contributed by atoms with Gasteiger partial charge in [0.1, 0.15) is 5.75 Å². The van der Waals surface area contributed by atoms with Gasteiger partial charge in [0.2, 0.25) is 5.91 Å². The van der Waals surface area contributed by atoms with Gasteiger partial charge in [0.15, 0.2) is 0 Å². The van der Waals surface area contributed by atoms with Crippen LogP contribution in [0.3, 0.4) is 0 Å². The van der Waals surface area contributed by atoms with E-state index in [4.69, 9.17) is 10.5 Å². The second-order valence-corrected chi connectivity index (χ2v) is 6.12.